The molecule has 0 saturated heterocycles. The maximum Gasteiger partial charge on any atom is 0.439 e. The Morgan fingerprint density at radius 2 is 1.64 bits per heavy atom. The van der Waals surface area contributed by atoms with Crippen molar-refractivity contribution in [1.82, 2.24) is 0 Å². The molecule has 0 amide bonds. The fourth-order valence-corrected chi connectivity index (χ4v) is 1.44. The van der Waals surface area contributed by atoms with E-state index in [2.05, 4.69) is 9.47 Å². The molecule has 0 heterocycles. The molecule has 0 saturated carbocycles. The maximum atomic E-state index is 12.9. The van der Waals surface area contributed by atoms with Gasteiger partial charge in [0.15, 0.2) is 0 Å². The lowest BCUT2D eigenvalue weighted by Gasteiger charge is -2.26. The zero-order valence-electron chi connectivity index (χ0n) is 11.7. The number of esters is 2. The fraction of sp³-hybridized carbons (Fsp3) is 0.429. The van der Waals surface area contributed by atoms with E-state index in [4.69, 9.17) is 0 Å². The van der Waals surface area contributed by atoms with Crippen LogP contribution < -0.4 is 0 Å². The van der Waals surface area contributed by atoms with E-state index in [1.54, 1.807) is 25.1 Å². The van der Waals surface area contributed by atoms with Crippen LogP contribution in [0.15, 0.2) is 30.3 Å². The van der Waals surface area contributed by atoms with Gasteiger partial charge in [-0.25, -0.2) is 9.59 Å². The third kappa shape index (κ3) is 3.97. The van der Waals surface area contributed by atoms with Gasteiger partial charge in [-0.3, -0.25) is 0 Å². The maximum absolute atomic E-state index is 12.9. The van der Waals surface area contributed by atoms with Crippen molar-refractivity contribution in [2.45, 2.75) is 31.7 Å². The number of carbonyl (C=O) groups is 2. The molecule has 0 radical (unpaired) electrons. The van der Waals surface area contributed by atoms with Crippen molar-refractivity contribution in [3.63, 3.8) is 0 Å². The number of halogens is 3. The molecular weight excluding hydrogens is 305 g/mol. The van der Waals surface area contributed by atoms with Gasteiger partial charge in [0.05, 0.1) is 6.61 Å². The lowest BCUT2D eigenvalue weighted by molar-refractivity contribution is -0.264. The van der Waals surface area contributed by atoms with Gasteiger partial charge in [0, 0.05) is 0 Å². The second-order valence-corrected chi connectivity index (χ2v) is 4.41. The van der Waals surface area contributed by atoms with Crippen LogP contribution in [-0.2, 0) is 25.7 Å². The molecule has 122 valence electrons. The lowest BCUT2D eigenvalue weighted by Crippen LogP contribution is -2.59. The highest BCUT2D eigenvalue weighted by Gasteiger charge is 2.68. The van der Waals surface area contributed by atoms with Gasteiger partial charge < -0.3 is 14.6 Å². The van der Waals surface area contributed by atoms with E-state index in [1.165, 1.54) is 12.1 Å². The number of benzene rings is 1. The summed E-state index contributed by atoms with van der Waals surface area (Å²) in [6.45, 7) is 0.677. The summed E-state index contributed by atoms with van der Waals surface area (Å²) >= 11 is 0. The molecule has 22 heavy (non-hydrogen) atoms. The molecule has 0 aliphatic heterocycles. The Balaban J connectivity index is 2.87. The fourth-order valence-electron chi connectivity index (χ4n) is 1.44. The van der Waals surface area contributed by atoms with E-state index in [9.17, 15) is 27.9 Å². The summed E-state index contributed by atoms with van der Waals surface area (Å²) in [6.07, 6.45) is -5.32. The first-order valence-corrected chi connectivity index (χ1v) is 6.41. The van der Waals surface area contributed by atoms with Crippen molar-refractivity contribution in [2.24, 2.45) is 0 Å². The van der Waals surface area contributed by atoms with Gasteiger partial charge in [0.1, 0.15) is 6.61 Å². The van der Waals surface area contributed by atoms with E-state index < -0.39 is 30.3 Å². The molecular formula is C14H15F3O5. The van der Waals surface area contributed by atoms with Crippen molar-refractivity contribution >= 4 is 11.9 Å². The zero-order valence-corrected chi connectivity index (χ0v) is 11.7. The smallest absolute Gasteiger partial charge is 0.439 e. The largest absolute Gasteiger partial charge is 0.463 e. The Morgan fingerprint density at radius 3 is 2.14 bits per heavy atom. The average Bonchev–Trinajstić information content (AvgIpc) is 2.49. The summed E-state index contributed by atoms with van der Waals surface area (Å²) < 4.78 is 47.4. The third-order valence-corrected chi connectivity index (χ3v) is 2.65. The van der Waals surface area contributed by atoms with Crippen molar-refractivity contribution in [1.29, 1.82) is 0 Å². The summed E-state index contributed by atoms with van der Waals surface area (Å²) in [5.41, 5.74) is -3.93. The number of alkyl halides is 3. The Labute approximate surface area is 124 Å². The van der Waals surface area contributed by atoms with Crippen LogP contribution in [0, 0.1) is 0 Å². The summed E-state index contributed by atoms with van der Waals surface area (Å²) in [5.74, 6) is -4.22. The Morgan fingerprint density at radius 1 is 1.09 bits per heavy atom. The molecule has 5 nitrogen and oxygen atoms in total. The van der Waals surface area contributed by atoms with Crippen LogP contribution in [0.3, 0.4) is 0 Å². The van der Waals surface area contributed by atoms with Crippen molar-refractivity contribution in [2.75, 3.05) is 6.61 Å². The van der Waals surface area contributed by atoms with Crippen LogP contribution in [0.4, 0.5) is 13.2 Å². The highest BCUT2D eigenvalue weighted by Crippen LogP contribution is 2.33. The summed E-state index contributed by atoms with van der Waals surface area (Å²) in [7, 11) is 0. The Bertz CT molecular complexity index is 515. The van der Waals surface area contributed by atoms with Gasteiger partial charge in [-0.2, -0.15) is 13.2 Å². The first kappa shape index (κ1) is 18.0. The van der Waals surface area contributed by atoms with E-state index in [1.807, 2.05) is 0 Å². The van der Waals surface area contributed by atoms with Gasteiger partial charge in [0.25, 0.3) is 0 Å². The number of hydrogen-bond acceptors (Lipinski definition) is 5. The van der Waals surface area contributed by atoms with Crippen LogP contribution >= 0.6 is 0 Å². The molecule has 1 rings (SSSR count). The molecule has 8 heteroatoms. The minimum Gasteiger partial charge on any atom is -0.463 e. The number of carbonyl (C=O) groups excluding carboxylic acids is 2. The SMILES string of the molecule is CCCOC(=O)C(O)(C(=O)OCc1ccccc1)C(F)(F)F. The van der Waals surface area contributed by atoms with Crippen LogP contribution in [0.25, 0.3) is 0 Å². The van der Waals surface area contributed by atoms with Crippen LogP contribution in [-0.4, -0.2) is 35.4 Å². The van der Waals surface area contributed by atoms with Gasteiger partial charge in [-0.05, 0) is 12.0 Å². The number of ether oxygens (including phenoxy) is 2. The van der Waals surface area contributed by atoms with E-state index in [0.717, 1.165) is 0 Å². The number of rotatable bonds is 6. The van der Waals surface area contributed by atoms with Gasteiger partial charge >= 0.3 is 23.7 Å². The van der Waals surface area contributed by atoms with Gasteiger partial charge in [-0.15, -0.1) is 0 Å². The molecule has 1 atom stereocenters. The van der Waals surface area contributed by atoms with Gasteiger partial charge in [-0.1, -0.05) is 37.3 Å². The van der Waals surface area contributed by atoms with Crippen molar-refractivity contribution in [3.05, 3.63) is 35.9 Å². The molecule has 0 aliphatic rings. The predicted octanol–water partition coefficient (Wildman–Crippen LogP) is 1.98. The van der Waals surface area contributed by atoms with Crippen LogP contribution in [0.1, 0.15) is 18.9 Å². The van der Waals surface area contributed by atoms with Crippen molar-refractivity contribution in [3.8, 4) is 0 Å². The van der Waals surface area contributed by atoms with E-state index >= 15 is 0 Å². The minimum atomic E-state index is -5.55. The highest BCUT2D eigenvalue weighted by atomic mass is 19.4. The molecule has 1 aromatic rings. The number of aliphatic hydroxyl groups is 1. The summed E-state index contributed by atoms with van der Waals surface area (Å²) in [6, 6.07) is 7.87. The predicted molar refractivity (Wildman–Crippen MR) is 68.5 cm³/mol. The molecule has 0 spiro atoms. The quantitative estimate of drug-likeness (QED) is 0.641. The van der Waals surface area contributed by atoms with Crippen molar-refractivity contribution < 1.29 is 37.3 Å². The molecule has 0 bridgehead atoms. The Kier molecular flexibility index (Phi) is 5.92. The Hall–Kier alpha value is -2.09. The molecule has 0 fully saturated rings. The van der Waals surface area contributed by atoms with E-state index in [0.29, 0.717) is 5.56 Å². The topological polar surface area (TPSA) is 72.8 Å². The molecule has 1 aromatic carbocycles. The van der Waals surface area contributed by atoms with Gasteiger partial charge in [0.2, 0.25) is 0 Å². The van der Waals surface area contributed by atoms with E-state index in [-0.39, 0.29) is 13.0 Å². The molecule has 1 unspecified atom stereocenters. The second-order valence-electron chi connectivity index (χ2n) is 4.41. The standard InChI is InChI=1S/C14H15F3O5/c1-2-8-21-11(18)13(20,14(15,16)17)12(19)22-9-10-6-4-3-5-7-10/h3-7,20H,2,8-9H2,1H3. The molecule has 1 N–H and O–H groups in total. The first-order valence-electron chi connectivity index (χ1n) is 6.41. The molecule has 0 aromatic heterocycles. The van der Waals surface area contributed by atoms with Crippen LogP contribution in [0.2, 0.25) is 0 Å². The molecule has 0 aliphatic carbocycles. The normalized spacial score (nSPS) is 14.0. The summed E-state index contributed by atoms with van der Waals surface area (Å²) in [5, 5.41) is 9.52. The monoisotopic (exact) mass is 320 g/mol. The third-order valence-electron chi connectivity index (χ3n) is 2.65. The average molecular weight is 320 g/mol. The number of hydrogen-bond donors (Lipinski definition) is 1. The first-order chi connectivity index (χ1) is 10.2. The second kappa shape index (κ2) is 7.26. The highest BCUT2D eigenvalue weighted by molar-refractivity contribution is 6.04. The lowest BCUT2D eigenvalue weighted by atomic mass is 10.0. The minimum absolute atomic E-state index is 0.235. The summed E-state index contributed by atoms with van der Waals surface area (Å²) in [4.78, 5) is 23.0. The zero-order chi connectivity index (χ0) is 16.8. The van der Waals surface area contributed by atoms with Crippen LogP contribution in [0.5, 0.6) is 0 Å².